The van der Waals surface area contributed by atoms with Crippen LogP contribution < -0.4 is 10.9 Å². The van der Waals surface area contributed by atoms with Crippen LogP contribution in [0.25, 0.3) is 0 Å². The first-order valence-electron chi connectivity index (χ1n) is 6.10. The van der Waals surface area contributed by atoms with Crippen molar-refractivity contribution in [3.63, 3.8) is 0 Å². The van der Waals surface area contributed by atoms with E-state index in [1.807, 2.05) is 0 Å². The Balaban J connectivity index is 2.24. The molecule has 1 aliphatic rings. The summed E-state index contributed by atoms with van der Waals surface area (Å²) >= 11 is 5.98. The first-order valence-corrected chi connectivity index (χ1v) is 6.48. The fourth-order valence-electron chi connectivity index (χ4n) is 1.91. The van der Waals surface area contributed by atoms with E-state index in [-0.39, 0.29) is 11.6 Å². The number of rotatable bonds is 4. The van der Waals surface area contributed by atoms with Crippen LogP contribution in [-0.4, -0.2) is 15.8 Å². The third-order valence-corrected chi connectivity index (χ3v) is 3.55. The molecule has 2 rings (SSSR count). The zero-order valence-corrected chi connectivity index (χ0v) is 11.1. The maximum atomic E-state index is 12.2. The van der Waals surface area contributed by atoms with E-state index in [2.05, 4.69) is 16.3 Å². The van der Waals surface area contributed by atoms with Crippen molar-refractivity contribution in [2.24, 2.45) is 5.92 Å². The summed E-state index contributed by atoms with van der Waals surface area (Å²) in [5, 5.41) is 7.32. The maximum Gasteiger partial charge on any atom is 0.291 e. The average Bonchev–Trinajstić information content (AvgIpc) is 2.31. The van der Waals surface area contributed by atoms with Crippen LogP contribution in [0.3, 0.4) is 0 Å². The molecule has 0 saturated heterocycles. The lowest BCUT2D eigenvalue weighted by atomic mass is 9.85. The van der Waals surface area contributed by atoms with Gasteiger partial charge in [0.15, 0.2) is 0 Å². The molecule has 0 aromatic carbocycles. The van der Waals surface area contributed by atoms with Crippen molar-refractivity contribution >= 4 is 17.3 Å². The third kappa shape index (κ3) is 2.68. The van der Waals surface area contributed by atoms with Gasteiger partial charge in [0.25, 0.3) is 5.56 Å². The predicted octanol–water partition coefficient (Wildman–Crippen LogP) is 2.13. The molecule has 0 bridgehead atoms. The molecule has 1 unspecified atom stereocenters. The lowest BCUT2D eigenvalue weighted by Crippen LogP contribution is -2.32. The first-order chi connectivity index (χ1) is 8.61. The molecule has 4 nitrogen and oxygen atoms in total. The molecule has 0 radical (unpaired) electrons. The van der Waals surface area contributed by atoms with E-state index in [4.69, 9.17) is 18.0 Å². The van der Waals surface area contributed by atoms with Crippen molar-refractivity contribution in [1.29, 1.82) is 0 Å². The number of anilines is 1. The Morgan fingerprint density at radius 1 is 1.72 bits per heavy atom. The molecule has 1 saturated carbocycles. The predicted molar refractivity (Wildman–Crippen MR) is 72.8 cm³/mol. The normalized spacial score (nSPS) is 16.7. The summed E-state index contributed by atoms with van der Waals surface area (Å²) < 4.78 is 1.47. The van der Waals surface area contributed by atoms with Gasteiger partial charge < -0.3 is 5.32 Å². The van der Waals surface area contributed by atoms with Crippen molar-refractivity contribution < 1.29 is 0 Å². The Bertz CT molecular complexity index is 528. The summed E-state index contributed by atoms with van der Waals surface area (Å²) in [7, 11) is 0. The van der Waals surface area contributed by atoms with Crippen LogP contribution in [0.15, 0.2) is 11.0 Å². The Labute approximate surface area is 111 Å². The minimum Gasteiger partial charge on any atom is -0.366 e. The van der Waals surface area contributed by atoms with Crippen LogP contribution >= 0.6 is 11.6 Å². The molecule has 1 aromatic rings. The zero-order valence-electron chi connectivity index (χ0n) is 10.3. The lowest BCUT2D eigenvalue weighted by molar-refractivity contribution is 0.262. The number of halogens is 1. The number of hydrogen-bond donors (Lipinski definition) is 1. The van der Waals surface area contributed by atoms with Gasteiger partial charge in [0.05, 0.1) is 17.3 Å². The Morgan fingerprint density at radius 2 is 2.44 bits per heavy atom. The summed E-state index contributed by atoms with van der Waals surface area (Å²) in [6.45, 7) is 2.46. The molecule has 0 amide bonds. The lowest BCUT2D eigenvalue weighted by Gasteiger charge is -2.25. The van der Waals surface area contributed by atoms with Gasteiger partial charge in [-0.15, -0.1) is 6.42 Å². The molecular weight excluding hydrogens is 250 g/mol. The second-order valence-corrected chi connectivity index (χ2v) is 5.09. The van der Waals surface area contributed by atoms with Gasteiger partial charge in [0.2, 0.25) is 0 Å². The van der Waals surface area contributed by atoms with Crippen LogP contribution in [0.1, 0.15) is 26.2 Å². The monoisotopic (exact) mass is 265 g/mol. The Kier molecular flexibility index (Phi) is 3.93. The quantitative estimate of drug-likeness (QED) is 0.849. The highest BCUT2D eigenvalue weighted by atomic mass is 35.5. The molecule has 18 heavy (non-hydrogen) atoms. The van der Waals surface area contributed by atoms with Crippen LogP contribution in [0.2, 0.25) is 5.02 Å². The largest absolute Gasteiger partial charge is 0.366 e. The SMILES string of the molecule is C#CC(C)Nc1c(Cl)cnn(CC2CCC2)c1=O. The van der Waals surface area contributed by atoms with E-state index in [0.717, 1.165) is 0 Å². The third-order valence-electron chi connectivity index (χ3n) is 3.26. The number of terminal acetylenes is 1. The summed E-state index contributed by atoms with van der Waals surface area (Å²) in [5.41, 5.74) is 0.146. The van der Waals surface area contributed by atoms with Gasteiger partial charge in [-0.05, 0) is 25.7 Å². The fourth-order valence-corrected chi connectivity index (χ4v) is 2.09. The van der Waals surface area contributed by atoms with Crippen molar-refractivity contribution in [3.8, 4) is 12.3 Å². The smallest absolute Gasteiger partial charge is 0.291 e. The molecule has 96 valence electrons. The highest BCUT2D eigenvalue weighted by Crippen LogP contribution is 2.27. The van der Waals surface area contributed by atoms with Gasteiger partial charge >= 0.3 is 0 Å². The van der Waals surface area contributed by atoms with Gasteiger partial charge in [-0.25, -0.2) is 4.68 Å². The highest BCUT2D eigenvalue weighted by molar-refractivity contribution is 6.33. The molecule has 1 aromatic heterocycles. The molecule has 1 atom stereocenters. The standard InChI is InChI=1S/C13H16ClN3O/c1-3-9(2)16-12-11(14)7-15-17(13(12)18)8-10-5-4-6-10/h1,7,9-10,16H,4-6,8H2,2H3. The first kappa shape index (κ1) is 13.0. The molecule has 0 aliphatic heterocycles. The van der Waals surface area contributed by atoms with E-state index < -0.39 is 0 Å². The van der Waals surface area contributed by atoms with E-state index in [9.17, 15) is 4.79 Å². The van der Waals surface area contributed by atoms with Gasteiger partial charge in [-0.1, -0.05) is 23.9 Å². The molecule has 1 N–H and O–H groups in total. The molecule has 1 aliphatic carbocycles. The minimum absolute atomic E-state index is 0.198. The summed E-state index contributed by atoms with van der Waals surface area (Å²) in [6, 6.07) is -0.241. The van der Waals surface area contributed by atoms with E-state index in [0.29, 0.717) is 23.2 Å². The van der Waals surface area contributed by atoms with Crippen molar-refractivity contribution in [1.82, 2.24) is 9.78 Å². The Hall–Kier alpha value is -1.47. The highest BCUT2D eigenvalue weighted by Gasteiger charge is 2.20. The van der Waals surface area contributed by atoms with E-state index >= 15 is 0 Å². The van der Waals surface area contributed by atoms with Gasteiger partial charge in [0, 0.05) is 6.54 Å². The Morgan fingerprint density at radius 3 is 3.00 bits per heavy atom. The van der Waals surface area contributed by atoms with Crippen molar-refractivity contribution in [2.75, 3.05) is 5.32 Å². The van der Waals surface area contributed by atoms with Gasteiger partial charge in [-0.3, -0.25) is 4.79 Å². The minimum atomic E-state index is -0.241. The molecule has 5 heteroatoms. The summed E-state index contributed by atoms with van der Waals surface area (Å²) in [5.74, 6) is 3.08. The summed E-state index contributed by atoms with van der Waals surface area (Å²) in [6.07, 6.45) is 10.4. The molecule has 1 heterocycles. The number of hydrogen-bond acceptors (Lipinski definition) is 3. The van der Waals surface area contributed by atoms with Gasteiger partial charge in [-0.2, -0.15) is 5.10 Å². The molecule has 1 fully saturated rings. The summed E-state index contributed by atoms with van der Waals surface area (Å²) in [4.78, 5) is 12.2. The van der Waals surface area contributed by atoms with Crippen LogP contribution in [0, 0.1) is 18.3 Å². The topological polar surface area (TPSA) is 46.9 Å². The van der Waals surface area contributed by atoms with E-state index in [1.165, 1.54) is 30.1 Å². The molecular formula is C13H16ClN3O. The van der Waals surface area contributed by atoms with Crippen molar-refractivity contribution in [2.45, 2.75) is 38.8 Å². The van der Waals surface area contributed by atoms with E-state index in [1.54, 1.807) is 6.92 Å². The number of nitrogens with one attached hydrogen (secondary N) is 1. The zero-order chi connectivity index (χ0) is 13.1. The van der Waals surface area contributed by atoms with Crippen LogP contribution in [-0.2, 0) is 6.54 Å². The fraction of sp³-hybridized carbons (Fsp3) is 0.538. The second kappa shape index (κ2) is 5.45. The average molecular weight is 266 g/mol. The van der Waals surface area contributed by atoms with Crippen LogP contribution in [0.5, 0.6) is 0 Å². The number of nitrogens with zero attached hydrogens (tertiary/aromatic N) is 2. The maximum absolute atomic E-state index is 12.2. The molecule has 0 spiro atoms. The number of aromatic nitrogens is 2. The van der Waals surface area contributed by atoms with Crippen molar-refractivity contribution in [3.05, 3.63) is 21.6 Å². The van der Waals surface area contributed by atoms with Gasteiger partial charge in [0.1, 0.15) is 5.69 Å². The second-order valence-electron chi connectivity index (χ2n) is 4.68. The van der Waals surface area contributed by atoms with Crippen LogP contribution in [0.4, 0.5) is 5.69 Å².